The molecule has 0 bridgehead atoms. The minimum Gasteiger partial charge on any atom is -0.325 e. The van der Waals surface area contributed by atoms with Gasteiger partial charge in [0.2, 0.25) is 0 Å². The van der Waals surface area contributed by atoms with Gasteiger partial charge in [-0.3, -0.25) is 9.48 Å². The van der Waals surface area contributed by atoms with Crippen LogP contribution < -0.4 is 11.1 Å². The van der Waals surface area contributed by atoms with Crippen molar-refractivity contribution in [3.63, 3.8) is 0 Å². The fraction of sp³-hybridized carbons (Fsp3) is 0.462. The van der Waals surface area contributed by atoms with Crippen molar-refractivity contribution in [3.05, 3.63) is 27.5 Å². The highest BCUT2D eigenvalue weighted by molar-refractivity contribution is 7.09. The molecular formula is C13H19N5OS. The van der Waals surface area contributed by atoms with Gasteiger partial charge in [0, 0.05) is 18.0 Å². The first-order chi connectivity index (χ1) is 9.43. The number of amides is 1. The minimum absolute atomic E-state index is 0.226. The quantitative estimate of drug-likeness (QED) is 0.905. The average Bonchev–Trinajstić information content (AvgIpc) is 2.98. The van der Waals surface area contributed by atoms with Crippen molar-refractivity contribution in [2.75, 3.05) is 5.32 Å². The Bertz CT molecular complexity index is 629. The van der Waals surface area contributed by atoms with Crippen LogP contribution in [0.5, 0.6) is 0 Å². The molecule has 2 heterocycles. The standard InChI is InChI=1S/C13H19N5OS/c1-7(2)18-9(4)12(8(3)17-18)16-13(19)10-6-20-11(5-14)15-10/h6-7H,5,14H2,1-4H3,(H,16,19). The molecule has 0 saturated carbocycles. The second-order valence-corrected chi connectivity index (χ2v) is 5.81. The number of aryl methyl sites for hydroxylation is 1. The molecule has 2 aromatic rings. The van der Waals surface area contributed by atoms with Gasteiger partial charge in [-0.2, -0.15) is 5.10 Å². The molecule has 20 heavy (non-hydrogen) atoms. The van der Waals surface area contributed by atoms with Crippen molar-refractivity contribution in [2.45, 2.75) is 40.3 Å². The molecule has 108 valence electrons. The molecule has 1 amide bonds. The largest absolute Gasteiger partial charge is 0.325 e. The Morgan fingerprint density at radius 3 is 2.70 bits per heavy atom. The van der Waals surface area contributed by atoms with E-state index in [1.807, 2.05) is 18.5 Å². The molecule has 6 nitrogen and oxygen atoms in total. The maximum absolute atomic E-state index is 12.2. The third-order valence-electron chi connectivity index (χ3n) is 3.01. The van der Waals surface area contributed by atoms with E-state index in [1.54, 1.807) is 5.38 Å². The summed E-state index contributed by atoms with van der Waals surface area (Å²) < 4.78 is 1.90. The fourth-order valence-electron chi connectivity index (χ4n) is 2.03. The average molecular weight is 293 g/mol. The molecule has 3 N–H and O–H groups in total. The van der Waals surface area contributed by atoms with E-state index in [-0.39, 0.29) is 11.9 Å². The van der Waals surface area contributed by atoms with E-state index in [0.717, 1.165) is 22.1 Å². The van der Waals surface area contributed by atoms with E-state index in [0.29, 0.717) is 12.2 Å². The smallest absolute Gasteiger partial charge is 0.275 e. The Morgan fingerprint density at radius 1 is 1.50 bits per heavy atom. The second kappa shape index (κ2) is 5.72. The molecular weight excluding hydrogens is 274 g/mol. The van der Waals surface area contributed by atoms with Crippen LogP contribution in [-0.4, -0.2) is 20.7 Å². The Balaban J connectivity index is 2.23. The number of nitrogens with zero attached hydrogens (tertiary/aromatic N) is 3. The molecule has 0 spiro atoms. The van der Waals surface area contributed by atoms with Crippen molar-refractivity contribution >= 4 is 22.9 Å². The summed E-state index contributed by atoms with van der Waals surface area (Å²) in [5.74, 6) is -0.226. The van der Waals surface area contributed by atoms with Crippen molar-refractivity contribution < 1.29 is 4.79 Å². The van der Waals surface area contributed by atoms with Crippen LogP contribution in [0.25, 0.3) is 0 Å². The molecule has 0 radical (unpaired) electrons. The van der Waals surface area contributed by atoms with Crippen LogP contribution in [0.3, 0.4) is 0 Å². The molecule has 0 aromatic carbocycles. The van der Waals surface area contributed by atoms with Crippen molar-refractivity contribution in [1.29, 1.82) is 0 Å². The minimum atomic E-state index is -0.226. The number of rotatable bonds is 4. The molecule has 0 aliphatic heterocycles. The molecule has 0 atom stereocenters. The summed E-state index contributed by atoms with van der Waals surface area (Å²) in [6.07, 6.45) is 0. The summed E-state index contributed by atoms with van der Waals surface area (Å²) in [6.45, 7) is 8.29. The molecule has 2 aromatic heterocycles. The van der Waals surface area contributed by atoms with E-state index in [4.69, 9.17) is 5.73 Å². The zero-order valence-corrected chi connectivity index (χ0v) is 12.9. The molecule has 0 unspecified atom stereocenters. The number of hydrogen-bond donors (Lipinski definition) is 2. The van der Waals surface area contributed by atoms with Gasteiger partial charge in [0.1, 0.15) is 10.7 Å². The van der Waals surface area contributed by atoms with Crippen LogP contribution in [0.1, 0.15) is 46.8 Å². The van der Waals surface area contributed by atoms with Gasteiger partial charge in [-0.15, -0.1) is 11.3 Å². The maximum Gasteiger partial charge on any atom is 0.275 e. The van der Waals surface area contributed by atoms with Crippen molar-refractivity contribution in [1.82, 2.24) is 14.8 Å². The highest BCUT2D eigenvalue weighted by atomic mass is 32.1. The number of carbonyl (C=O) groups excluding carboxylic acids is 1. The monoisotopic (exact) mass is 293 g/mol. The normalized spacial score (nSPS) is 11.1. The lowest BCUT2D eigenvalue weighted by atomic mass is 10.3. The Kier molecular flexibility index (Phi) is 4.20. The van der Waals surface area contributed by atoms with Crippen LogP contribution >= 0.6 is 11.3 Å². The first-order valence-electron chi connectivity index (χ1n) is 6.45. The van der Waals surface area contributed by atoms with Crippen LogP contribution in [0.2, 0.25) is 0 Å². The molecule has 7 heteroatoms. The van der Waals surface area contributed by atoms with Crippen LogP contribution in [-0.2, 0) is 6.54 Å². The van der Waals surface area contributed by atoms with Crippen molar-refractivity contribution in [2.24, 2.45) is 5.73 Å². The number of carbonyl (C=O) groups is 1. The van der Waals surface area contributed by atoms with Gasteiger partial charge in [-0.25, -0.2) is 4.98 Å². The Labute approximate surface area is 122 Å². The first kappa shape index (κ1) is 14.7. The Hall–Kier alpha value is -1.73. The predicted octanol–water partition coefficient (Wildman–Crippen LogP) is 2.25. The van der Waals surface area contributed by atoms with E-state index in [1.165, 1.54) is 11.3 Å². The van der Waals surface area contributed by atoms with Crippen LogP contribution in [0.15, 0.2) is 5.38 Å². The number of aromatic nitrogens is 3. The number of anilines is 1. The predicted molar refractivity (Wildman–Crippen MR) is 80.0 cm³/mol. The van der Waals surface area contributed by atoms with Gasteiger partial charge in [0.05, 0.1) is 17.1 Å². The molecule has 0 fully saturated rings. The van der Waals surface area contributed by atoms with Gasteiger partial charge in [0.15, 0.2) is 0 Å². The highest BCUT2D eigenvalue weighted by Gasteiger charge is 2.17. The third kappa shape index (κ3) is 2.73. The lowest BCUT2D eigenvalue weighted by Gasteiger charge is -2.08. The zero-order valence-electron chi connectivity index (χ0n) is 12.1. The van der Waals surface area contributed by atoms with Gasteiger partial charge in [0.25, 0.3) is 5.91 Å². The number of nitrogens with two attached hydrogens (primary N) is 1. The number of nitrogens with one attached hydrogen (secondary N) is 1. The summed E-state index contributed by atoms with van der Waals surface area (Å²) >= 11 is 1.39. The molecule has 2 rings (SSSR count). The molecule has 0 aliphatic rings. The summed E-state index contributed by atoms with van der Waals surface area (Å²) in [4.78, 5) is 16.4. The lowest BCUT2D eigenvalue weighted by Crippen LogP contribution is -2.14. The topological polar surface area (TPSA) is 85.8 Å². The third-order valence-corrected chi connectivity index (χ3v) is 3.88. The fourth-order valence-corrected chi connectivity index (χ4v) is 2.69. The Morgan fingerprint density at radius 2 is 2.20 bits per heavy atom. The van der Waals surface area contributed by atoms with E-state index < -0.39 is 0 Å². The van der Waals surface area contributed by atoms with E-state index in [9.17, 15) is 4.79 Å². The van der Waals surface area contributed by atoms with Gasteiger partial charge >= 0.3 is 0 Å². The molecule has 0 aliphatic carbocycles. The van der Waals surface area contributed by atoms with Crippen LogP contribution in [0.4, 0.5) is 5.69 Å². The maximum atomic E-state index is 12.2. The zero-order chi connectivity index (χ0) is 14.9. The summed E-state index contributed by atoms with van der Waals surface area (Å²) in [5, 5.41) is 9.80. The highest BCUT2D eigenvalue weighted by Crippen LogP contribution is 2.23. The number of thiazole rings is 1. The lowest BCUT2D eigenvalue weighted by molar-refractivity contribution is 0.102. The second-order valence-electron chi connectivity index (χ2n) is 4.87. The van der Waals surface area contributed by atoms with Gasteiger partial charge in [-0.1, -0.05) is 0 Å². The van der Waals surface area contributed by atoms with E-state index >= 15 is 0 Å². The van der Waals surface area contributed by atoms with Gasteiger partial charge < -0.3 is 11.1 Å². The van der Waals surface area contributed by atoms with Crippen LogP contribution in [0, 0.1) is 13.8 Å². The van der Waals surface area contributed by atoms with E-state index in [2.05, 4.69) is 29.2 Å². The molecule has 0 saturated heterocycles. The number of hydrogen-bond acceptors (Lipinski definition) is 5. The summed E-state index contributed by atoms with van der Waals surface area (Å²) in [5.41, 5.74) is 8.40. The SMILES string of the molecule is Cc1nn(C(C)C)c(C)c1NC(=O)c1csc(CN)n1. The first-order valence-corrected chi connectivity index (χ1v) is 7.33. The van der Waals surface area contributed by atoms with Gasteiger partial charge in [-0.05, 0) is 27.7 Å². The summed E-state index contributed by atoms with van der Waals surface area (Å²) in [6, 6.07) is 0.252. The summed E-state index contributed by atoms with van der Waals surface area (Å²) in [7, 11) is 0. The van der Waals surface area contributed by atoms with Crippen molar-refractivity contribution in [3.8, 4) is 0 Å².